The van der Waals surface area contributed by atoms with Gasteiger partial charge in [-0.3, -0.25) is 0 Å². The van der Waals surface area contributed by atoms with Gasteiger partial charge in [-0.1, -0.05) is 0 Å². The van der Waals surface area contributed by atoms with E-state index in [0.29, 0.717) is 0 Å². The topological polar surface area (TPSA) is 0 Å². The summed E-state index contributed by atoms with van der Waals surface area (Å²) in [5.41, 5.74) is 0. The molecule has 26 valence electrons. The Bertz CT molecular complexity index is 8.00. The fourth-order valence-electron chi connectivity index (χ4n) is 0. The van der Waals surface area contributed by atoms with Crippen LogP contribution in [0.4, 0.5) is 0 Å². The van der Waals surface area contributed by atoms with Gasteiger partial charge in [0.15, 0.2) is 0 Å². The van der Waals surface area contributed by atoms with Crippen molar-refractivity contribution in [2.24, 2.45) is 0 Å². The Balaban J connectivity index is 2.32. The zero-order valence-corrected chi connectivity index (χ0v) is 6.87. The van der Waals surface area contributed by atoms with Crippen LogP contribution in [0.2, 0.25) is 14.8 Å². The second-order valence-electron chi connectivity index (χ2n) is 1.73. The first kappa shape index (κ1) is 4.80. The summed E-state index contributed by atoms with van der Waals surface area (Å²) in [6.45, 7) is 0. The van der Waals surface area contributed by atoms with Crippen molar-refractivity contribution in [3.63, 3.8) is 0 Å². The molecule has 0 aromatic rings. The van der Waals surface area contributed by atoms with Crippen molar-refractivity contribution in [3.05, 3.63) is 0 Å². The Labute approximate surface area is 35.0 Å². The molecule has 0 saturated carbocycles. The Kier molecular flexibility index (Phi) is 2.47. The van der Waals surface area contributed by atoms with Crippen LogP contribution in [-0.2, 0) is 0 Å². The van der Waals surface area contributed by atoms with Gasteiger partial charge in [0.25, 0.3) is 0 Å². The summed E-state index contributed by atoms with van der Waals surface area (Å²) in [5.74, 6) is 0. The predicted molar refractivity (Wildman–Crippen MR) is 24.7 cm³/mol. The normalized spacial score (nSPS) is 9.00. The molecule has 0 atom stereocenters. The first-order chi connectivity index (χ1) is 1.73. The van der Waals surface area contributed by atoms with Gasteiger partial charge >= 0.3 is 34.6 Å². The van der Waals surface area contributed by atoms with E-state index in [1.54, 1.807) is 0 Å². The molecule has 1 heteroatoms. The van der Waals surface area contributed by atoms with Crippen LogP contribution in [-0.4, -0.2) is 19.8 Å². The van der Waals surface area contributed by atoms with Gasteiger partial charge in [-0.05, 0) is 0 Å². The van der Waals surface area contributed by atoms with Crippen LogP contribution in [0.5, 0.6) is 0 Å². The van der Waals surface area contributed by atoms with Crippen LogP contribution in [0.15, 0.2) is 0 Å². The van der Waals surface area contributed by atoms with E-state index in [4.69, 9.17) is 0 Å². The van der Waals surface area contributed by atoms with Gasteiger partial charge in [0.2, 0.25) is 0 Å². The number of hydrogen-bond acceptors (Lipinski definition) is 0. The van der Waals surface area contributed by atoms with Crippen LogP contribution >= 0.6 is 0 Å². The molecule has 0 rings (SSSR count). The number of hydrogen-bond donors (Lipinski definition) is 0. The standard InChI is InChI=1S/3CH3.Sn.H/h3*1H3;;. The second-order valence-corrected chi connectivity index (χ2v) is 11.6. The van der Waals surface area contributed by atoms with E-state index in [1.807, 2.05) is 0 Å². The van der Waals surface area contributed by atoms with Gasteiger partial charge in [0.05, 0.1) is 0 Å². The molecule has 4 heavy (non-hydrogen) atoms. The predicted octanol–water partition coefficient (Wildman–Crippen LogP) is 1.10. The molecule has 0 aromatic carbocycles. The molecule has 0 amide bonds. The summed E-state index contributed by atoms with van der Waals surface area (Å²) in [7, 11) is 0. The first-order valence-electron chi connectivity index (χ1n) is 1.73. The third-order valence-electron chi connectivity index (χ3n) is 0. The Morgan fingerprint density at radius 3 is 1.00 bits per heavy atom. The molecular formula is C3H10Sn. The summed E-state index contributed by atoms with van der Waals surface area (Å²) >= 11 is -0.637. The quantitative estimate of drug-likeness (QED) is 0.471. The third-order valence-corrected chi connectivity index (χ3v) is 0. The van der Waals surface area contributed by atoms with E-state index in [0.717, 1.165) is 0 Å². The van der Waals surface area contributed by atoms with Crippen molar-refractivity contribution < 1.29 is 0 Å². The summed E-state index contributed by atoms with van der Waals surface area (Å²) in [5, 5.41) is 0. The van der Waals surface area contributed by atoms with E-state index in [2.05, 4.69) is 14.8 Å². The molecule has 0 aromatic heterocycles. The van der Waals surface area contributed by atoms with E-state index >= 15 is 0 Å². The van der Waals surface area contributed by atoms with Crippen LogP contribution in [0.1, 0.15) is 0 Å². The minimum absolute atomic E-state index is 0.637. The van der Waals surface area contributed by atoms with Gasteiger partial charge in [-0.25, -0.2) is 0 Å². The zero-order chi connectivity index (χ0) is 3.58. The Morgan fingerprint density at radius 1 is 1.00 bits per heavy atom. The molecular weight excluding hydrogens is 155 g/mol. The maximum absolute atomic E-state index is 2.38. The molecule has 0 fully saturated rings. The minimum atomic E-state index is -0.637. The van der Waals surface area contributed by atoms with E-state index in [1.165, 1.54) is 0 Å². The SMILES string of the molecule is [CH3][SnH]([CH3])[CH3]. The molecule has 0 spiro atoms. The molecule has 0 saturated heterocycles. The Hall–Kier alpha value is 0.799. The van der Waals surface area contributed by atoms with Gasteiger partial charge < -0.3 is 0 Å². The number of rotatable bonds is 0. The van der Waals surface area contributed by atoms with Gasteiger partial charge in [0, 0.05) is 0 Å². The van der Waals surface area contributed by atoms with Crippen molar-refractivity contribution in [3.8, 4) is 0 Å². The van der Waals surface area contributed by atoms with Crippen LogP contribution in [0.25, 0.3) is 0 Å². The average Bonchev–Trinajstić information content (AvgIpc) is 0.811. The summed E-state index contributed by atoms with van der Waals surface area (Å²) in [6, 6.07) is 0. The van der Waals surface area contributed by atoms with Crippen LogP contribution in [0.3, 0.4) is 0 Å². The molecule has 0 unspecified atom stereocenters. The Morgan fingerprint density at radius 2 is 1.00 bits per heavy atom. The fraction of sp³-hybridized carbons (Fsp3) is 1.00. The summed E-state index contributed by atoms with van der Waals surface area (Å²) in [6.07, 6.45) is 0. The van der Waals surface area contributed by atoms with Gasteiger partial charge in [0.1, 0.15) is 0 Å². The molecule has 0 aliphatic heterocycles. The molecule has 0 heterocycles. The second kappa shape index (κ2) is 2.06. The molecule has 0 aliphatic rings. The molecule has 0 N–H and O–H groups in total. The maximum atomic E-state index is 2.38. The van der Waals surface area contributed by atoms with Crippen LogP contribution in [0, 0.1) is 0 Å². The summed E-state index contributed by atoms with van der Waals surface area (Å²) < 4.78 is 0. The third kappa shape index (κ3) is 14.2. The van der Waals surface area contributed by atoms with E-state index in [-0.39, 0.29) is 0 Å². The van der Waals surface area contributed by atoms with Crippen molar-refractivity contribution in [1.29, 1.82) is 0 Å². The molecule has 0 bridgehead atoms. The fourth-order valence-corrected chi connectivity index (χ4v) is 0. The molecule has 0 aliphatic carbocycles. The van der Waals surface area contributed by atoms with Crippen LogP contribution < -0.4 is 0 Å². The van der Waals surface area contributed by atoms with Crippen molar-refractivity contribution >= 4 is 19.8 Å². The van der Waals surface area contributed by atoms with E-state index < -0.39 is 19.8 Å². The average molecular weight is 165 g/mol. The molecule has 0 nitrogen and oxygen atoms in total. The molecule has 0 radical (unpaired) electrons. The monoisotopic (exact) mass is 166 g/mol. The first-order valence-corrected chi connectivity index (χ1v) is 11.6. The zero-order valence-electron chi connectivity index (χ0n) is 3.58. The van der Waals surface area contributed by atoms with Crippen molar-refractivity contribution in [2.75, 3.05) is 0 Å². The van der Waals surface area contributed by atoms with Gasteiger partial charge in [-0.2, -0.15) is 0 Å². The van der Waals surface area contributed by atoms with E-state index in [9.17, 15) is 0 Å². The van der Waals surface area contributed by atoms with Crippen molar-refractivity contribution in [1.82, 2.24) is 0 Å². The summed E-state index contributed by atoms with van der Waals surface area (Å²) in [4.78, 5) is 7.13. The van der Waals surface area contributed by atoms with Gasteiger partial charge in [-0.15, -0.1) is 0 Å². The van der Waals surface area contributed by atoms with Crippen molar-refractivity contribution in [2.45, 2.75) is 14.8 Å².